The molecular weight excluding hydrogens is 266 g/mol. The van der Waals surface area contributed by atoms with E-state index in [1.807, 2.05) is 31.3 Å². The summed E-state index contributed by atoms with van der Waals surface area (Å²) in [4.78, 5) is 13.9. The van der Waals surface area contributed by atoms with Crippen LogP contribution in [0.25, 0.3) is 0 Å². The van der Waals surface area contributed by atoms with Gasteiger partial charge in [-0.05, 0) is 37.1 Å². The minimum absolute atomic E-state index is 0.0775. The molecule has 0 heterocycles. The van der Waals surface area contributed by atoms with Crippen molar-refractivity contribution in [2.75, 3.05) is 7.05 Å². The van der Waals surface area contributed by atoms with Gasteiger partial charge in [0.25, 0.3) is 5.91 Å². The molecule has 0 N–H and O–H groups in total. The van der Waals surface area contributed by atoms with Crippen LogP contribution in [0.4, 0.5) is 0 Å². The number of rotatable bonds is 3. The summed E-state index contributed by atoms with van der Waals surface area (Å²) in [5.41, 5.74) is 0.734. The highest BCUT2D eigenvalue weighted by molar-refractivity contribution is 9.10. The third kappa shape index (κ3) is 3.08. The molecule has 16 heavy (non-hydrogen) atoms. The molecular formula is C13H18BrNO. The van der Waals surface area contributed by atoms with E-state index in [0.29, 0.717) is 5.92 Å². The van der Waals surface area contributed by atoms with Crippen molar-refractivity contribution in [2.24, 2.45) is 5.92 Å². The fourth-order valence-corrected chi connectivity index (χ4v) is 1.69. The van der Waals surface area contributed by atoms with Crippen molar-refractivity contribution in [3.63, 3.8) is 0 Å². The second-order valence-corrected chi connectivity index (χ2v) is 5.32. The van der Waals surface area contributed by atoms with Crippen LogP contribution in [-0.4, -0.2) is 23.9 Å². The second-order valence-electron chi connectivity index (χ2n) is 4.41. The summed E-state index contributed by atoms with van der Waals surface area (Å²) in [6.07, 6.45) is 0. The Labute approximate surface area is 106 Å². The van der Waals surface area contributed by atoms with E-state index in [9.17, 15) is 4.79 Å². The molecule has 0 bridgehead atoms. The number of amides is 1. The molecule has 1 atom stereocenters. The molecule has 3 heteroatoms. The van der Waals surface area contributed by atoms with E-state index in [4.69, 9.17) is 0 Å². The molecule has 0 aromatic heterocycles. The zero-order valence-electron chi connectivity index (χ0n) is 10.2. The molecule has 1 unspecified atom stereocenters. The Balaban J connectivity index is 2.82. The van der Waals surface area contributed by atoms with E-state index in [0.717, 1.165) is 10.0 Å². The maximum absolute atomic E-state index is 12.1. The highest BCUT2D eigenvalue weighted by atomic mass is 79.9. The average molecular weight is 284 g/mol. The molecule has 0 spiro atoms. The predicted octanol–water partition coefficient (Wildman–Crippen LogP) is 3.57. The van der Waals surface area contributed by atoms with Crippen LogP contribution in [0.15, 0.2) is 28.7 Å². The van der Waals surface area contributed by atoms with Crippen molar-refractivity contribution in [3.05, 3.63) is 34.3 Å². The van der Waals surface area contributed by atoms with Crippen LogP contribution in [0.1, 0.15) is 31.1 Å². The topological polar surface area (TPSA) is 20.3 Å². The molecule has 1 rings (SSSR count). The van der Waals surface area contributed by atoms with Crippen molar-refractivity contribution >= 4 is 21.8 Å². The van der Waals surface area contributed by atoms with Gasteiger partial charge in [-0.15, -0.1) is 0 Å². The van der Waals surface area contributed by atoms with Gasteiger partial charge < -0.3 is 4.90 Å². The standard InChI is InChI=1S/C13H18BrNO/c1-9(2)10(3)15(4)13(16)11-5-7-12(14)8-6-11/h5-10H,1-4H3. The number of carbonyl (C=O) groups is 1. The van der Waals surface area contributed by atoms with Crippen LogP contribution in [0.2, 0.25) is 0 Å². The van der Waals surface area contributed by atoms with Gasteiger partial charge in [0, 0.05) is 23.1 Å². The van der Waals surface area contributed by atoms with Gasteiger partial charge in [0.1, 0.15) is 0 Å². The van der Waals surface area contributed by atoms with E-state index in [2.05, 4.69) is 36.7 Å². The van der Waals surface area contributed by atoms with Gasteiger partial charge in [0.2, 0.25) is 0 Å². The van der Waals surface area contributed by atoms with Crippen LogP contribution < -0.4 is 0 Å². The first kappa shape index (κ1) is 13.2. The number of nitrogens with zero attached hydrogens (tertiary/aromatic N) is 1. The van der Waals surface area contributed by atoms with Crippen molar-refractivity contribution in [1.29, 1.82) is 0 Å². The lowest BCUT2D eigenvalue weighted by atomic mass is 10.0. The highest BCUT2D eigenvalue weighted by Gasteiger charge is 2.19. The van der Waals surface area contributed by atoms with Crippen LogP contribution in [0.3, 0.4) is 0 Å². The normalized spacial score (nSPS) is 12.6. The minimum Gasteiger partial charge on any atom is -0.339 e. The molecule has 0 aliphatic rings. The predicted molar refractivity (Wildman–Crippen MR) is 70.5 cm³/mol. The summed E-state index contributed by atoms with van der Waals surface area (Å²) in [5, 5.41) is 0. The van der Waals surface area contributed by atoms with Gasteiger partial charge in [-0.25, -0.2) is 0 Å². The third-order valence-electron chi connectivity index (χ3n) is 2.99. The lowest BCUT2D eigenvalue weighted by Crippen LogP contribution is -2.38. The molecule has 0 saturated heterocycles. The summed E-state index contributed by atoms with van der Waals surface area (Å²) in [6, 6.07) is 7.71. The zero-order chi connectivity index (χ0) is 12.3. The summed E-state index contributed by atoms with van der Waals surface area (Å²) in [7, 11) is 1.86. The Morgan fingerprint density at radius 3 is 2.12 bits per heavy atom. The number of hydrogen-bond acceptors (Lipinski definition) is 1. The van der Waals surface area contributed by atoms with Crippen molar-refractivity contribution in [2.45, 2.75) is 26.8 Å². The van der Waals surface area contributed by atoms with Crippen molar-refractivity contribution < 1.29 is 4.79 Å². The zero-order valence-corrected chi connectivity index (χ0v) is 11.8. The third-order valence-corrected chi connectivity index (χ3v) is 3.52. The molecule has 1 aromatic rings. The van der Waals surface area contributed by atoms with Crippen LogP contribution in [-0.2, 0) is 0 Å². The fourth-order valence-electron chi connectivity index (χ4n) is 1.43. The molecule has 0 radical (unpaired) electrons. The van der Waals surface area contributed by atoms with Crippen LogP contribution >= 0.6 is 15.9 Å². The van der Waals surface area contributed by atoms with Crippen molar-refractivity contribution in [1.82, 2.24) is 4.90 Å². The summed E-state index contributed by atoms with van der Waals surface area (Å²) in [6.45, 7) is 6.31. The van der Waals surface area contributed by atoms with Gasteiger partial charge >= 0.3 is 0 Å². The maximum atomic E-state index is 12.1. The van der Waals surface area contributed by atoms with Crippen LogP contribution in [0, 0.1) is 5.92 Å². The maximum Gasteiger partial charge on any atom is 0.253 e. The Bertz CT molecular complexity index is 359. The Kier molecular flexibility index (Phi) is 4.54. The molecule has 0 aliphatic carbocycles. The largest absolute Gasteiger partial charge is 0.339 e. The van der Waals surface area contributed by atoms with E-state index < -0.39 is 0 Å². The van der Waals surface area contributed by atoms with E-state index in [1.54, 1.807) is 4.90 Å². The van der Waals surface area contributed by atoms with Crippen molar-refractivity contribution in [3.8, 4) is 0 Å². The van der Waals surface area contributed by atoms with E-state index in [1.165, 1.54) is 0 Å². The average Bonchev–Trinajstić information content (AvgIpc) is 2.27. The molecule has 1 amide bonds. The molecule has 0 fully saturated rings. The SMILES string of the molecule is CC(C)C(C)N(C)C(=O)c1ccc(Br)cc1. The molecule has 88 valence electrons. The minimum atomic E-state index is 0.0775. The smallest absolute Gasteiger partial charge is 0.253 e. The molecule has 1 aromatic carbocycles. The van der Waals surface area contributed by atoms with Gasteiger partial charge in [0.05, 0.1) is 0 Å². The first-order chi connectivity index (χ1) is 7.43. The molecule has 0 aliphatic heterocycles. The fraction of sp³-hybridized carbons (Fsp3) is 0.462. The molecule has 2 nitrogen and oxygen atoms in total. The number of hydrogen-bond donors (Lipinski definition) is 0. The summed E-state index contributed by atoms with van der Waals surface area (Å²) >= 11 is 3.36. The van der Waals surface area contributed by atoms with Gasteiger partial charge in [0.15, 0.2) is 0 Å². The number of halogens is 1. The molecule has 0 saturated carbocycles. The number of carbonyl (C=O) groups excluding carboxylic acids is 1. The number of benzene rings is 1. The first-order valence-electron chi connectivity index (χ1n) is 5.46. The van der Waals surface area contributed by atoms with Gasteiger partial charge in [-0.2, -0.15) is 0 Å². The first-order valence-corrected chi connectivity index (χ1v) is 6.25. The van der Waals surface area contributed by atoms with E-state index >= 15 is 0 Å². The van der Waals surface area contributed by atoms with Crippen LogP contribution in [0.5, 0.6) is 0 Å². The Hall–Kier alpha value is -0.830. The highest BCUT2D eigenvalue weighted by Crippen LogP contribution is 2.15. The lowest BCUT2D eigenvalue weighted by Gasteiger charge is -2.28. The Morgan fingerprint density at radius 2 is 1.69 bits per heavy atom. The van der Waals surface area contributed by atoms with Gasteiger partial charge in [-0.1, -0.05) is 29.8 Å². The monoisotopic (exact) mass is 283 g/mol. The summed E-state index contributed by atoms with van der Waals surface area (Å²) < 4.78 is 0.989. The quantitative estimate of drug-likeness (QED) is 0.831. The Morgan fingerprint density at radius 1 is 1.19 bits per heavy atom. The van der Waals surface area contributed by atoms with E-state index in [-0.39, 0.29) is 11.9 Å². The lowest BCUT2D eigenvalue weighted by molar-refractivity contribution is 0.0707. The summed E-state index contributed by atoms with van der Waals surface area (Å²) in [5.74, 6) is 0.540. The second kappa shape index (κ2) is 5.48. The van der Waals surface area contributed by atoms with Gasteiger partial charge in [-0.3, -0.25) is 4.79 Å².